The standard InChI is InChI=1S/C19H27N5OS/c1-4-5-10-21-18(25)16-8-6-15(7-9-16)12-23-19(20-3)24-13-17-22-11-14(2)26-17/h6-9,11H,4-5,10,12-13H2,1-3H3,(H,21,25)(H2,20,23,24). The molecule has 0 aliphatic carbocycles. The predicted octanol–water partition coefficient (Wildman–Crippen LogP) is 2.85. The molecule has 6 nitrogen and oxygen atoms in total. The number of thiazole rings is 1. The van der Waals surface area contributed by atoms with E-state index < -0.39 is 0 Å². The van der Waals surface area contributed by atoms with Crippen LogP contribution in [0.5, 0.6) is 0 Å². The fraction of sp³-hybridized carbons (Fsp3) is 0.421. The fourth-order valence-corrected chi connectivity index (χ4v) is 3.03. The predicted molar refractivity (Wildman–Crippen MR) is 108 cm³/mol. The molecule has 0 unspecified atom stereocenters. The summed E-state index contributed by atoms with van der Waals surface area (Å²) in [4.78, 5) is 21.8. The van der Waals surface area contributed by atoms with Crippen molar-refractivity contribution < 1.29 is 4.79 Å². The Hall–Kier alpha value is -2.41. The van der Waals surface area contributed by atoms with Crippen molar-refractivity contribution in [3.8, 4) is 0 Å². The second-order valence-electron chi connectivity index (χ2n) is 5.95. The number of hydrogen-bond acceptors (Lipinski definition) is 4. The molecule has 7 heteroatoms. The van der Waals surface area contributed by atoms with Gasteiger partial charge < -0.3 is 16.0 Å². The molecule has 0 aliphatic heterocycles. The molecule has 1 aromatic carbocycles. The molecule has 0 saturated heterocycles. The molecule has 0 aliphatic rings. The van der Waals surface area contributed by atoms with Gasteiger partial charge in [0, 0.05) is 36.8 Å². The lowest BCUT2D eigenvalue weighted by molar-refractivity contribution is 0.0953. The molecule has 26 heavy (non-hydrogen) atoms. The second kappa shape index (κ2) is 10.6. The van der Waals surface area contributed by atoms with Crippen LogP contribution in [0.2, 0.25) is 0 Å². The molecule has 1 heterocycles. The third-order valence-electron chi connectivity index (χ3n) is 3.79. The van der Waals surface area contributed by atoms with Crippen molar-refractivity contribution in [2.45, 2.75) is 39.8 Å². The van der Waals surface area contributed by atoms with Crippen molar-refractivity contribution in [1.82, 2.24) is 20.9 Å². The van der Waals surface area contributed by atoms with Gasteiger partial charge in [0.05, 0.1) is 6.54 Å². The lowest BCUT2D eigenvalue weighted by atomic mass is 10.1. The lowest BCUT2D eigenvalue weighted by Gasteiger charge is -2.11. The normalized spacial score (nSPS) is 11.3. The monoisotopic (exact) mass is 373 g/mol. The third kappa shape index (κ3) is 6.48. The summed E-state index contributed by atoms with van der Waals surface area (Å²) in [5.41, 5.74) is 1.77. The van der Waals surface area contributed by atoms with Gasteiger partial charge in [0.25, 0.3) is 5.91 Å². The molecule has 0 spiro atoms. The van der Waals surface area contributed by atoms with E-state index in [9.17, 15) is 4.79 Å². The highest BCUT2D eigenvalue weighted by molar-refractivity contribution is 7.11. The van der Waals surface area contributed by atoms with E-state index in [1.807, 2.05) is 37.4 Å². The van der Waals surface area contributed by atoms with Crippen LogP contribution in [0.1, 0.15) is 45.6 Å². The summed E-state index contributed by atoms with van der Waals surface area (Å²) in [6.45, 7) is 6.15. The van der Waals surface area contributed by atoms with Crippen LogP contribution in [-0.4, -0.2) is 30.4 Å². The van der Waals surface area contributed by atoms with E-state index >= 15 is 0 Å². The number of carbonyl (C=O) groups excluding carboxylic acids is 1. The number of carbonyl (C=O) groups is 1. The topological polar surface area (TPSA) is 78.4 Å². The molecule has 3 N–H and O–H groups in total. The van der Waals surface area contributed by atoms with Crippen LogP contribution < -0.4 is 16.0 Å². The summed E-state index contributed by atoms with van der Waals surface area (Å²) in [6, 6.07) is 7.62. The Balaban J connectivity index is 1.79. The Kier molecular flexibility index (Phi) is 8.08. The van der Waals surface area contributed by atoms with Crippen LogP contribution >= 0.6 is 11.3 Å². The number of aliphatic imine (C=N–C) groups is 1. The van der Waals surface area contributed by atoms with Gasteiger partial charge in [-0.05, 0) is 31.0 Å². The zero-order valence-corrected chi connectivity index (χ0v) is 16.4. The number of nitrogens with one attached hydrogen (secondary N) is 3. The number of aromatic nitrogens is 1. The Morgan fingerprint density at radius 2 is 1.88 bits per heavy atom. The molecule has 0 fully saturated rings. The minimum atomic E-state index is -0.0193. The maximum Gasteiger partial charge on any atom is 0.251 e. The van der Waals surface area contributed by atoms with Gasteiger partial charge in [-0.3, -0.25) is 9.79 Å². The zero-order valence-electron chi connectivity index (χ0n) is 15.6. The highest BCUT2D eigenvalue weighted by atomic mass is 32.1. The third-order valence-corrected chi connectivity index (χ3v) is 4.70. The number of benzene rings is 1. The van der Waals surface area contributed by atoms with Gasteiger partial charge in [-0.15, -0.1) is 11.3 Å². The minimum Gasteiger partial charge on any atom is -0.352 e. The molecular formula is C19H27N5OS. The van der Waals surface area contributed by atoms with Crippen LogP contribution in [0.3, 0.4) is 0 Å². The first-order valence-corrected chi connectivity index (χ1v) is 9.67. The zero-order chi connectivity index (χ0) is 18.8. The first-order chi connectivity index (χ1) is 12.6. The Morgan fingerprint density at radius 1 is 1.15 bits per heavy atom. The molecule has 140 valence electrons. The first kappa shape index (κ1) is 19.9. The van der Waals surface area contributed by atoms with Crippen molar-refractivity contribution in [3.63, 3.8) is 0 Å². The molecular weight excluding hydrogens is 346 g/mol. The molecule has 0 radical (unpaired) electrons. The number of hydrogen-bond donors (Lipinski definition) is 3. The van der Waals surface area contributed by atoms with Gasteiger partial charge in [-0.2, -0.15) is 0 Å². The van der Waals surface area contributed by atoms with Gasteiger partial charge in [-0.1, -0.05) is 25.5 Å². The van der Waals surface area contributed by atoms with Crippen molar-refractivity contribution in [2.24, 2.45) is 4.99 Å². The molecule has 1 aromatic heterocycles. The number of nitrogens with zero attached hydrogens (tertiary/aromatic N) is 2. The van der Waals surface area contributed by atoms with Crippen LogP contribution in [0.15, 0.2) is 35.5 Å². The number of aryl methyl sites for hydroxylation is 1. The van der Waals surface area contributed by atoms with E-state index in [1.165, 1.54) is 4.88 Å². The van der Waals surface area contributed by atoms with Crippen LogP contribution in [0.25, 0.3) is 0 Å². The van der Waals surface area contributed by atoms with E-state index in [1.54, 1.807) is 18.4 Å². The van der Waals surface area contributed by atoms with E-state index in [-0.39, 0.29) is 5.91 Å². The maximum absolute atomic E-state index is 12.0. The fourth-order valence-electron chi connectivity index (χ4n) is 2.30. The van der Waals surface area contributed by atoms with Crippen LogP contribution in [-0.2, 0) is 13.1 Å². The average molecular weight is 374 g/mol. The van der Waals surface area contributed by atoms with E-state index in [0.717, 1.165) is 35.9 Å². The Bertz CT molecular complexity index is 724. The second-order valence-corrected chi connectivity index (χ2v) is 7.27. The largest absolute Gasteiger partial charge is 0.352 e. The van der Waals surface area contributed by atoms with Gasteiger partial charge in [0.15, 0.2) is 5.96 Å². The van der Waals surface area contributed by atoms with Crippen molar-refractivity contribution >= 4 is 23.2 Å². The van der Waals surface area contributed by atoms with Crippen molar-refractivity contribution in [3.05, 3.63) is 51.5 Å². The SMILES string of the molecule is CCCCNC(=O)c1ccc(CNC(=NC)NCc2ncc(C)s2)cc1. The van der Waals surface area contributed by atoms with E-state index in [4.69, 9.17) is 0 Å². The molecule has 1 amide bonds. The molecule has 0 saturated carbocycles. The van der Waals surface area contributed by atoms with Crippen molar-refractivity contribution in [1.29, 1.82) is 0 Å². The average Bonchev–Trinajstić information content (AvgIpc) is 3.07. The maximum atomic E-state index is 12.0. The molecule has 2 aromatic rings. The summed E-state index contributed by atoms with van der Waals surface area (Å²) < 4.78 is 0. The molecule has 0 atom stereocenters. The summed E-state index contributed by atoms with van der Waals surface area (Å²) in [7, 11) is 1.74. The number of rotatable bonds is 8. The highest BCUT2D eigenvalue weighted by Crippen LogP contribution is 2.10. The number of unbranched alkanes of at least 4 members (excludes halogenated alkanes) is 1. The summed E-state index contributed by atoms with van der Waals surface area (Å²) in [5, 5.41) is 10.5. The van der Waals surface area contributed by atoms with E-state index in [2.05, 4.69) is 32.9 Å². The minimum absolute atomic E-state index is 0.0193. The Morgan fingerprint density at radius 3 is 2.50 bits per heavy atom. The summed E-state index contributed by atoms with van der Waals surface area (Å²) in [6.07, 6.45) is 3.95. The van der Waals surface area contributed by atoms with Gasteiger partial charge in [0.2, 0.25) is 0 Å². The Labute approximate surface area is 159 Å². The summed E-state index contributed by atoms with van der Waals surface area (Å²) in [5.74, 6) is 0.702. The van der Waals surface area contributed by atoms with Gasteiger partial charge in [-0.25, -0.2) is 4.98 Å². The van der Waals surface area contributed by atoms with Crippen LogP contribution in [0.4, 0.5) is 0 Å². The van der Waals surface area contributed by atoms with E-state index in [0.29, 0.717) is 18.7 Å². The quantitative estimate of drug-likeness (QED) is 0.378. The highest BCUT2D eigenvalue weighted by Gasteiger charge is 2.05. The first-order valence-electron chi connectivity index (χ1n) is 8.85. The lowest BCUT2D eigenvalue weighted by Crippen LogP contribution is -2.36. The van der Waals surface area contributed by atoms with Crippen LogP contribution in [0, 0.1) is 6.92 Å². The van der Waals surface area contributed by atoms with Crippen molar-refractivity contribution in [2.75, 3.05) is 13.6 Å². The van der Waals surface area contributed by atoms with Gasteiger partial charge in [0.1, 0.15) is 5.01 Å². The molecule has 0 bridgehead atoms. The molecule has 2 rings (SSSR count). The smallest absolute Gasteiger partial charge is 0.251 e. The summed E-state index contributed by atoms with van der Waals surface area (Å²) >= 11 is 1.67. The van der Waals surface area contributed by atoms with Gasteiger partial charge >= 0.3 is 0 Å². The number of guanidine groups is 1. The number of amides is 1.